The van der Waals surface area contributed by atoms with E-state index in [0.29, 0.717) is 12.1 Å². The fourth-order valence-corrected chi connectivity index (χ4v) is 3.58. The van der Waals surface area contributed by atoms with Crippen LogP contribution in [0.2, 0.25) is 0 Å². The molecule has 3 rings (SSSR count). The highest BCUT2D eigenvalue weighted by atomic mass is 16.5. The van der Waals surface area contributed by atoms with Crippen LogP contribution in [0.4, 0.5) is 5.69 Å². The van der Waals surface area contributed by atoms with E-state index in [0.717, 1.165) is 11.4 Å². The summed E-state index contributed by atoms with van der Waals surface area (Å²) in [7, 11) is 1.94. The fraction of sp³-hybridized carbons (Fsp3) is 0.647. The van der Waals surface area contributed by atoms with Crippen LogP contribution in [0, 0.1) is 0 Å². The molecule has 1 aromatic carbocycles. The Morgan fingerprint density at radius 1 is 1.00 bits per heavy atom. The molecule has 110 valence electrons. The fourth-order valence-electron chi connectivity index (χ4n) is 3.58. The summed E-state index contributed by atoms with van der Waals surface area (Å²) in [5, 5.41) is 3.15. The van der Waals surface area contributed by atoms with E-state index in [1.54, 1.807) is 0 Å². The van der Waals surface area contributed by atoms with Crippen molar-refractivity contribution in [1.82, 2.24) is 4.90 Å². The number of hydrogen-bond donors (Lipinski definition) is 1. The molecule has 0 bridgehead atoms. The summed E-state index contributed by atoms with van der Waals surface area (Å²) in [6.45, 7) is 2.53. The minimum atomic E-state index is 0.377. The van der Waals surface area contributed by atoms with Crippen molar-refractivity contribution in [1.29, 1.82) is 0 Å². The number of nitrogens with zero attached hydrogens (tertiary/aromatic N) is 1. The summed E-state index contributed by atoms with van der Waals surface area (Å²) >= 11 is 0. The third-order valence-electron chi connectivity index (χ3n) is 4.71. The van der Waals surface area contributed by atoms with E-state index in [1.165, 1.54) is 51.6 Å². The van der Waals surface area contributed by atoms with E-state index in [9.17, 15) is 0 Å². The summed E-state index contributed by atoms with van der Waals surface area (Å²) < 4.78 is 6.31. The van der Waals surface area contributed by atoms with Gasteiger partial charge in [0, 0.05) is 18.8 Å². The number of anilines is 1. The predicted molar refractivity (Wildman–Crippen MR) is 83.5 cm³/mol. The summed E-state index contributed by atoms with van der Waals surface area (Å²) in [5.41, 5.74) is 1.14. The van der Waals surface area contributed by atoms with Crippen molar-refractivity contribution in [3.05, 3.63) is 24.3 Å². The van der Waals surface area contributed by atoms with Gasteiger partial charge in [-0.1, -0.05) is 6.42 Å². The molecule has 2 fully saturated rings. The van der Waals surface area contributed by atoms with Gasteiger partial charge in [-0.15, -0.1) is 0 Å². The first kappa shape index (κ1) is 13.7. The highest BCUT2D eigenvalue weighted by molar-refractivity contribution is 5.45. The molecule has 1 aliphatic heterocycles. The van der Waals surface area contributed by atoms with Gasteiger partial charge in [0.25, 0.3) is 0 Å². The first-order chi connectivity index (χ1) is 9.86. The zero-order valence-electron chi connectivity index (χ0n) is 12.5. The van der Waals surface area contributed by atoms with Crippen LogP contribution in [0.3, 0.4) is 0 Å². The average molecular weight is 274 g/mol. The average Bonchev–Trinajstić information content (AvgIpc) is 3.03. The molecule has 1 N–H and O–H groups in total. The van der Waals surface area contributed by atoms with Gasteiger partial charge >= 0.3 is 0 Å². The largest absolute Gasteiger partial charge is 0.489 e. The van der Waals surface area contributed by atoms with Crippen molar-refractivity contribution in [3.63, 3.8) is 0 Å². The monoisotopic (exact) mass is 274 g/mol. The first-order valence-electron chi connectivity index (χ1n) is 8.05. The standard InChI is InChI=1S/C17H26N2O/c1-18-14-8-10-15(11-9-14)20-17-7-3-2-6-16(17)19-12-4-5-13-19/h8-11,16-18H,2-7,12-13H2,1H3. The van der Waals surface area contributed by atoms with Gasteiger partial charge < -0.3 is 10.1 Å². The zero-order valence-corrected chi connectivity index (χ0v) is 12.5. The number of hydrogen-bond acceptors (Lipinski definition) is 3. The Hall–Kier alpha value is -1.22. The molecular weight excluding hydrogens is 248 g/mol. The van der Waals surface area contributed by atoms with Crippen LogP contribution in [0.25, 0.3) is 0 Å². The quantitative estimate of drug-likeness (QED) is 0.909. The van der Waals surface area contributed by atoms with E-state index in [4.69, 9.17) is 4.74 Å². The number of ether oxygens (including phenoxy) is 1. The topological polar surface area (TPSA) is 24.5 Å². The lowest BCUT2D eigenvalue weighted by Crippen LogP contribution is -2.46. The highest BCUT2D eigenvalue weighted by Crippen LogP contribution is 2.29. The lowest BCUT2D eigenvalue weighted by atomic mass is 9.91. The molecule has 2 aliphatic rings. The van der Waals surface area contributed by atoms with Crippen molar-refractivity contribution < 1.29 is 4.74 Å². The molecule has 0 amide bonds. The first-order valence-corrected chi connectivity index (χ1v) is 8.05. The Bertz CT molecular complexity index is 412. The molecule has 3 nitrogen and oxygen atoms in total. The van der Waals surface area contributed by atoms with Gasteiger partial charge in [0.05, 0.1) is 0 Å². The van der Waals surface area contributed by atoms with E-state index in [2.05, 4.69) is 34.5 Å². The Kier molecular flexibility index (Phi) is 4.46. The molecule has 1 saturated carbocycles. The maximum absolute atomic E-state index is 6.31. The molecule has 1 aliphatic carbocycles. The zero-order chi connectivity index (χ0) is 13.8. The Morgan fingerprint density at radius 3 is 2.40 bits per heavy atom. The third-order valence-corrected chi connectivity index (χ3v) is 4.71. The van der Waals surface area contributed by atoms with Gasteiger partial charge in [-0.2, -0.15) is 0 Å². The van der Waals surface area contributed by atoms with Gasteiger partial charge in [0.1, 0.15) is 11.9 Å². The van der Waals surface area contributed by atoms with Crippen LogP contribution >= 0.6 is 0 Å². The second-order valence-corrected chi connectivity index (χ2v) is 6.03. The number of nitrogens with one attached hydrogen (secondary N) is 1. The van der Waals surface area contributed by atoms with Crippen LogP contribution in [-0.2, 0) is 0 Å². The molecule has 20 heavy (non-hydrogen) atoms. The van der Waals surface area contributed by atoms with E-state index < -0.39 is 0 Å². The molecule has 1 heterocycles. The van der Waals surface area contributed by atoms with Crippen LogP contribution in [-0.4, -0.2) is 37.2 Å². The molecule has 1 saturated heterocycles. The van der Waals surface area contributed by atoms with Crippen molar-refractivity contribution in [2.45, 2.75) is 50.7 Å². The minimum absolute atomic E-state index is 0.377. The van der Waals surface area contributed by atoms with Gasteiger partial charge in [-0.25, -0.2) is 0 Å². The van der Waals surface area contributed by atoms with Crippen LogP contribution in [0.1, 0.15) is 38.5 Å². The molecular formula is C17H26N2O. The number of rotatable bonds is 4. The van der Waals surface area contributed by atoms with Gasteiger partial charge in [-0.05, 0) is 69.5 Å². The van der Waals surface area contributed by atoms with Crippen molar-refractivity contribution in [2.24, 2.45) is 0 Å². The van der Waals surface area contributed by atoms with Gasteiger partial charge in [0.2, 0.25) is 0 Å². The highest BCUT2D eigenvalue weighted by Gasteiger charge is 2.32. The lowest BCUT2D eigenvalue weighted by molar-refractivity contribution is 0.0486. The summed E-state index contributed by atoms with van der Waals surface area (Å²) in [6.07, 6.45) is 8.28. The van der Waals surface area contributed by atoms with Crippen molar-refractivity contribution >= 4 is 5.69 Å². The van der Waals surface area contributed by atoms with Crippen LogP contribution in [0.15, 0.2) is 24.3 Å². The maximum Gasteiger partial charge on any atom is 0.119 e. The van der Waals surface area contributed by atoms with Gasteiger partial charge in [-0.3, -0.25) is 4.90 Å². The van der Waals surface area contributed by atoms with Crippen molar-refractivity contribution in [3.8, 4) is 5.75 Å². The second kappa shape index (κ2) is 6.49. The van der Waals surface area contributed by atoms with E-state index in [-0.39, 0.29) is 0 Å². The molecule has 2 unspecified atom stereocenters. The molecule has 3 heteroatoms. The number of benzene rings is 1. The molecule has 0 radical (unpaired) electrons. The molecule has 0 aromatic heterocycles. The lowest BCUT2D eigenvalue weighted by Gasteiger charge is -2.37. The summed E-state index contributed by atoms with van der Waals surface area (Å²) in [4.78, 5) is 2.66. The third kappa shape index (κ3) is 3.09. The predicted octanol–water partition coefficient (Wildman–Crippen LogP) is 3.51. The molecule has 2 atom stereocenters. The van der Waals surface area contributed by atoms with Gasteiger partial charge in [0.15, 0.2) is 0 Å². The normalized spacial score (nSPS) is 27.4. The SMILES string of the molecule is CNc1ccc(OC2CCCCC2N2CCCC2)cc1. The minimum Gasteiger partial charge on any atom is -0.489 e. The Balaban J connectivity index is 1.66. The Labute approximate surface area is 122 Å². The van der Waals surface area contributed by atoms with E-state index in [1.807, 2.05) is 7.05 Å². The second-order valence-electron chi connectivity index (χ2n) is 6.03. The van der Waals surface area contributed by atoms with Crippen molar-refractivity contribution in [2.75, 3.05) is 25.5 Å². The number of likely N-dealkylation sites (tertiary alicyclic amines) is 1. The van der Waals surface area contributed by atoms with Crippen LogP contribution in [0.5, 0.6) is 5.75 Å². The molecule has 1 aromatic rings. The molecule has 0 spiro atoms. The maximum atomic E-state index is 6.31. The summed E-state index contributed by atoms with van der Waals surface area (Å²) in [6, 6.07) is 8.98. The smallest absolute Gasteiger partial charge is 0.119 e. The van der Waals surface area contributed by atoms with Crippen LogP contribution < -0.4 is 10.1 Å². The Morgan fingerprint density at radius 2 is 1.70 bits per heavy atom. The van der Waals surface area contributed by atoms with E-state index >= 15 is 0 Å². The summed E-state index contributed by atoms with van der Waals surface area (Å²) in [5.74, 6) is 1.01.